The summed E-state index contributed by atoms with van der Waals surface area (Å²) in [5.74, 6) is -1.92. The van der Waals surface area contributed by atoms with Crippen LogP contribution in [0.25, 0.3) is 0 Å². The van der Waals surface area contributed by atoms with Crippen LogP contribution in [0.15, 0.2) is 18.2 Å². The lowest BCUT2D eigenvalue weighted by atomic mass is 10.2. The van der Waals surface area contributed by atoms with Gasteiger partial charge in [-0.2, -0.15) is 13.8 Å². The van der Waals surface area contributed by atoms with Crippen molar-refractivity contribution in [1.29, 1.82) is 0 Å². The van der Waals surface area contributed by atoms with Crippen LogP contribution in [0.1, 0.15) is 13.3 Å². The molecule has 3 rings (SSSR count). The molecule has 0 bridgehead atoms. The highest BCUT2D eigenvalue weighted by molar-refractivity contribution is 5.90. The number of carbonyl (C=O) groups is 2. The maximum Gasteiger partial charge on any atom is 0.414 e. The van der Waals surface area contributed by atoms with Crippen LogP contribution in [0.3, 0.4) is 0 Å². The minimum absolute atomic E-state index is 0.0185. The Bertz CT molecular complexity index is 767. The minimum atomic E-state index is -3.14. The van der Waals surface area contributed by atoms with E-state index in [0.717, 1.165) is 13.0 Å². The Labute approximate surface area is 172 Å². The van der Waals surface area contributed by atoms with Gasteiger partial charge < -0.3 is 15.0 Å². The zero-order valence-electron chi connectivity index (χ0n) is 16.7. The number of hydrogen-bond acceptors (Lipinski definition) is 6. The predicted molar refractivity (Wildman–Crippen MR) is 103 cm³/mol. The van der Waals surface area contributed by atoms with E-state index in [1.807, 2.05) is 15.3 Å². The topological polar surface area (TPSA) is 74.4 Å². The van der Waals surface area contributed by atoms with Gasteiger partial charge in [-0.15, -0.1) is 0 Å². The van der Waals surface area contributed by atoms with Crippen LogP contribution in [0.5, 0.6) is 0 Å². The summed E-state index contributed by atoms with van der Waals surface area (Å²) in [4.78, 5) is 31.8. The van der Waals surface area contributed by atoms with Gasteiger partial charge in [-0.1, -0.05) is 6.92 Å². The van der Waals surface area contributed by atoms with E-state index >= 15 is 0 Å². The van der Waals surface area contributed by atoms with Crippen molar-refractivity contribution in [2.75, 3.05) is 55.7 Å². The molecule has 1 atom stereocenters. The highest BCUT2D eigenvalue weighted by Crippen LogP contribution is 2.28. The monoisotopic (exact) mass is 430 g/mol. The number of rotatable bonds is 7. The Morgan fingerprint density at radius 2 is 2.10 bits per heavy atom. The molecular weight excluding hydrogens is 405 g/mol. The first-order valence-corrected chi connectivity index (χ1v) is 9.85. The summed E-state index contributed by atoms with van der Waals surface area (Å²) < 4.78 is 44.4. The Hall–Kier alpha value is -2.53. The predicted octanol–water partition coefficient (Wildman–Crippen LogP) is 2.00. The number of halogens is 3. The molecule has 1 aromatic rings. The standard InChI is InChI=1S/C19H25F3N4O4/c1-2-5-25-7-6-24(8-9-29-25)16-4-3-13(10-15(16)20)26-12-14(30-19(26)28)11-23-18(27)17(21)22/h3-4,10,14,17H,2,5-9,11-12H2,1H3,(H,23,27)/t14-/m0/s1. The normalized spacial score (nSPS) is 20.4. The third-order valence-corrected chi connectivity index (χ3v) is 4.89. The molecule has 2 saturated heterocycles. The molecule has 0 spiro atoms. The van der Waals surface area contributed by atoms with Gasteiger partial charge in [0.05, 0.1) is 31.1 Å². The third-order valence-electron chi connectivity index (χ3n) is 4.89. The van der Waals surface area contributed by atoms with Gasteiger partial charge in [0, 0.05) is 26.2 Å². The molecule has 166 valence electrons. The Balaban J connectivity index is 1.62. The Kier molecular flexibility index (Phi) is 7.38. The second-order valence-electron chi connectivity index (χ2n) is 7.05. The maximum absolute atomic E-state index is 14.8. The molecule has 11 heteroatoms. The smallest absolute Gasteiger partial charge is 0.414 e. The fraction of sp³-hybridized carbons (Fsp3) is 0.579. The molecule has 2 aliphatic rings. The van der Waals surface area contributed by atoms with Crippen LogP contribution in [0.4, 0.5) is 29.3 Å². The van der Waals surface area contributed by atoms with Gasteiger partial charge in [0.25, 0.3) is 5.91 Å². The van der Waals surface area contributed by atoms with Crippen LogP contribution in [0.2, 0.25) is 0 Å². The van der Waals surface area contributed by atoms with E-state index < -0.39 is 30.3 Å². The van der Waals surface area contributed by atoms with E-state index in [9.17, 15) is 22.8 Å². The first-order valence-electron chi connectivity index (χ1n) is 9.85. The molecule has 30 heavy (non-hydrogen) atoms. The zero-order chi connectivity index (χ0) is 21.7. The van der Waals surface area contributed by atoms with Gasteiger partial charge in [0.1, 0.15) is 11.9 Å². The number of hydrogen-bond donors (Lipinski definition) is 1. The summed E-state index contributed by atoms with van der Waals surface area (Å²) in [6, 6.07) is 4.45. The number of benzene rings is 1. The second-order valence-corrected chi connectivity index (χ2v) is 7.05. The lowest BCUT2D eigenvalue weighted by Crippen LogP contribution is -2.37. The van der Waals surface area contributed by atoms with E-state index in [2.05, 4.69) is 6.92 Å². The highest BCUT2D eigenvalue weighted by Gasteiger charge is 2.33. The van der Waals surface area contributed by atoms with E-state index in [-0.39, 0.29) is 13.1 Å². The summed E-state index contributed by atoms with van der Waals surface area (Å²) in [6.45, 7) is 4.89. The maximum atomic E-state index is 14.8. The third kappa shape index (κ3) is 5.33. The van der Waals surface area contributed by atoms with Crippen molar-refractivity contribution in [1.82, 2.24) is 10.4 Å². The first-order chi connectivity index (χ1) is 14.4. The van der Waals surface area contributed by atoms with Crippen LogP contribution in [-0.4, -0.2) is 75.5 Å². The van der Waals surface area contributed by atoms with E-state index in [4.69, 9.17) is 9.57 Å². The molecule has 0 radical (unpaired) electrons. The fourth-order valence-electron chi connectivity index (χ4n) is 3.41. The summed E-state index contributed by atoms with van der Waals surface area (Å²) >= 11 is 0. The van der Waals surface area contributed by atoms with E-state index in [1.54, 1.807) is 12.1 Å². The molecule has 1 aromatic carbocycles. The van der Waals surface area contributed by atoms with Crippen LogP contribution >= 0.6 is 0 Å². The van der Waals surface area contributed by atoms with Crippen molar-refractivity contribution in [3.05, 3.63) is 24.0 Å². The number of alkyl halides is 2. The van der Waals surface area contributed by atoms with Crippen molar-refractivity contribution < 1.29 is 32.3 Å². The molecule has 0 saturated carbocycles. The van der Waals surface area contributed by atoms with Gasteiger partial charge >= 0.3 is 12.5 Å². The number of hydroxylamine groups is 2. The quantitative estimate of drug-likeness (QED) is 0.713. The number of amides is 2. The average molecular weight is 430 g/mol. The van der Waals surface area contributed by atoms with Crippen molar-refractivity contribution in [3.8, 4) is 0 Å². The summed E-state index contributed by atoms with van der Waals surface area (Å²) in [5.41, 5.74) is 0.705. The molecule has 2 aliphatic heterocycles. The van der Waals surface area contributed by atoms with Crippen molar-refractivity contribution in [2.24, 2.45) is 0 Å². The number of ether oxygens (including phenoxy) is 1. The molecule has 2 amide bonds. The SMILES string of the molecule is CCCN1CCN(c2ccc(N3C[C@H](CNC(=O)C(F)F)OC3=O)cc2F)CCO1. The van der Waals surface area contributed by atoms with E-state index in [1.165, 1.54) is 11.0 Å². The molecular formula is C19H25F3N4O4. The molecule has 0 unspecified atom stereocenters. The van der Waals surface area contributed by atoms with Gasteiger partial charge in [0.2, 0.25) is 0 Å². The summed E-state index contributed by atoms with van der Waals surface area (Å²) in [7, 11) is 0. The lowest BCUT2D eigenvalue weighted by Gasteiger charge is -2.24. The average Bonchev–Trinajstić information content (AvgIpc) is 2.93. The van der Waals surface area contributed by atoms with Crippen molar-refractivity contribution in [2.45, 2.75) is 25.9 Å². The van der Waals surface area contributed by atoms with Gasteiger partial charge in [0.15, 0.2) is 0 Å². The fourth-order valence-corrected chi connectivity index (χ4v) is 3.41. The van der Waals surface area contributed by atoms with Crippen LogP contribution in [0, 0.1) is 5.82 Å². The molecule has 0 aliphatic carbocycles. The summed E-state index contributed by atoms with van der Waals surface area (Å²) in [6.07, 6.45) is -3.70. The first kappa shape index (κ1) is 22.2. The molecule has 8 nitrogen and oxygen atoms in total. The number of nitrogens with zero attached hydrogens (tertiary/aromatic N) is 3. The minimum Gasteiger partial charge on any atom is -0.442 e. The number of anilines is 2. The second kappa shape index (κ2) is 9.98. The van der Waals surface area contributed by atoms with Gasteiger partial charge in [-0.05, 0) is 24.6 Å². The summed E-state index contributed by atoms with van der Waals surface area (Å²) in [5, 5.41) is 3.88. The van der Waals surface area contributed by atoms with Gasteiger partial charge in [-0.25, -0.2) is 9.18 Å². The number of cyclic esters (lactones) is 1. The Morgan fingerprint density at radius 1 is 1.30 bits per heavy atom. The van der Waals surface area contributed by atoms with Crippen molar-refractivity contribution >= 4 is 23.4 Å². The van der Waals surface area contributed by atoms with E-state index in [0.29, 0.717) is 37.6 Å². The van der Waals surface area contributed by atoms with Crippen LogP contribution < -0.4 is 15.1 Å². The zero-order valence-corrected chi connectivity index (χ0v) is 16.7. The highest BCUT2D eigenvalue weighted by atomic mass is 19.3. The molecule has 2 heterocycles. The lowest BCUT2D eigenvalue weighted by molar-refractivity contribution is -0.147. The largest absolute Gasteiger partial charge is 0.442 e. The molecule has 0 aromatic heterocycles. The Morgan fingerprint density at radius 3 is 2.80 bits per heavy atom. The molecule has 2 fully saturated rings. The van der Waals surface area contributed by atoms with Crippen molar-refractivity contribution in [3.63, 3.8) is 0 Å². The molecule has 1 N–H and O–H groups in total. The number of nitrogens with one attached hydrogen (secondary N) is 1. The van der Waals surface area contributed by atoms with Gasteiger partial charge in [-0.3, -0.25) is 14.5 Å². The van der Waals surface area contributed by atoms with Crippen LogP contribution in [-0.2, 0) is 14.4 Å². The number of carbonyl (C=O) groups excluding carboxylic acids is 2.